The van der Waals surface area contributed by atoms with Crippen LogP contribution in [-0.4, -0.2) is 58.4 Å². The molecule has 146 valence electrons. The Morgan fingerprint density at radius 3 is 2.67 bits per heavy atom. The summed E-state index contributed by atoms with van der Waals surface area (Å²) in [4.78, 5) is 40.8. The highest BCUT2D eigenvalue weighted by molar-refractivity contribution is 8.00. The molecule has 0 radical (unpaired) electrons. The second kappa shape index (κ2) is 8.71. The first-order valence-electron chi connectivity index (χ1n) is 8.70. The highest BCUT2D eigenvalue weighted by atomic mass is 35.5. The lowest BCUT2D eigenvalue weighted by atomic mass is 10.0. The van der Waals surface area contributed by atoms with E-state index in [2.05, 4.69) is 0 Å². The van der Waals surface area contributed by atoms with Crippen molar-refractivity contribution in [2.45, 2.75) is 31.8 Å². The number of esters is 1. The van der Waals surface area contributed by atoms with Crippen molar-refractivity contribution in [2.24, 2.45) is 0 Å². The Bertz CT molecular complexity index is 757. The first-order chi connectivity index (χ1) is 12.9. The summed E-state index contributed by atoms with van der Waals surface area (Å²) < 4.78 is 5.23. The van der Waals surface area contributed by atoms with Crippen LogP contribution in [0.3, 0.4) is 0 Å². The molecule has 0 N–H and O–H groups in total. The number of ether oxygens (including phenoxy) is 1. The first-order valence-corrected chi connectivity index (χ1v) is 10.6. The number of thioether (sulfide) groups is 1. The van der Waals surface area contributed by atoms with Crippen molar-refractivity contribution in [2.75, 3.05) is 24.8 Å². The lowest BCUT2D eigenvalue weighted by Crippen LogP contribution is -2.46. The average molecular weight is 431 g/mol. The molecule has 9 heteroatoms. The third-order valence-corrected chi connectivity index (χ3v) is 5.93. The van der Waals surface area contributed by atoms with E-state index >= 15 is 0 Å². The van der Waals surface area contributed by atoms with Gasteiger partial charge >= 0.3 is 5.97 Å². The molecule has 1 aliphatic heterocycles. The maximum Gasteiger partial charge on any atom is 0.333 e. The topological polar surface area (TPSA) is 66.9 Å². The zero-order valence-electron chi connectivity index (χ0n) is 14.8. The smallest absolute Gasteiger partial charge is 0.333 e. The Hall–Kier alpha value is -1.44. The molecule has 27 heavy (non-hydrogen) atoms. The second-order valence-corrected chi connectivity index (χ2v) is 8.22. The number of hydrogen-bond donors (Lipinski definition) is 0. The van der Waals surface area contributed by atoms with E-state index in [4.69, 9.17) is 27.9 Å². The summed E-state index contributed by atoms with van der Waals surface area (Å²) >= 11 is 13.8. The Labute approximate surface area is 172 Å². The van der Waals surface area contributed by atoms with Crippen LogP contribution in [-0.2, 0) is 19.1 Å². The van der Waals surface area contributed by atoms with Crippen LogP contribution in [0, 0.1) is 0 Å². The normalized spacial score (nSPS) is 17.7. The molecule has 1 aliphatic carbocycles. The Morgan fingerprint density at radius 1 is 1.37 bits per heavy atom. The predicted molar refractivity (Wildman–Crippen MR) is 105 cm³/mol. The van der Waals surface area contributed by atoms with Crippen LogP contribution in [0.5, 0.6) is 0 Å². The number of amides is 2. The van der Waals surface area contributed by atoms with Gasteiger partial charge in [-0.1, -0.05) is 29.3 Å². The van der Waals surface area contributed by atoms with Crippen molar-refractivity contribution in [1.82, 2.24) is 9.80 Å². The quantitative estimate of drug-likeness (QED) is 0.621. The Kier molecular flexibility index (Phi) is 6.55. The molecule has 0 aromatic heterocycles. The zero-order chi connectivity index (χ0) is 19.6. The fourth-order valence-electron chi connectivity index (χ4n) is 3.03. The molecular formula is C18H20Cl2N2O4S. The maximum absolute atomic E-state index is 13.1. The molecule has 1 heterocycles. The number of carbonyl (C=O) groups is 3. The summed E-state index contributed by atoms with van der Waals surface area (Å²) in [7, 11) is 0. The van der Waals surface area contributed by atoms with Crippen LogP contribution in [0.1, 0.15) is 31.4 Å². The largest absolute Gasteiger partial charge is 0.464 e. The molecule has 1 atom stereocenters. The third kappa shape index (κ3) is 4.70. The van der Waals surface area contributed by atoms with E-state index in [1.54, 1.807) is 25.1 Å². The van der Waals surface area contributed by atoms with Gasteiger partial charge in [0, 0.05) is 21.7 Å². The molecule has 3 rings (SSSR count). The fourth-order valence-corrected chi connectivity index (χ4v) is 4.45. The van der Waals surface area contributed by atoms with Gasteiger partial charge in [-0.15, -0.1) is 11.8 Å². The Balaban J connectivity index is 1.92. The molecule has 1 aromatic rings. The number of rotatable bonds is 7. The van der Waals surface area contributed by atoms with Crippen LogP contribution < -0.4 is 0 Å². The molecule has 2 aliphatic rings. The van der Waals surface area contributed by atoms with Gasteiger partial charge in [0.05, 0.1) is 18.2 Å². The SMILES string of the molecule is CCOC(=O)[C@H](c1ccc(Cl)cc1Cl)N(C(=O)CN1CSCC1=O)C1CC1. The van der Waals surface area contributed by atoms with Crippen molar-refractivity contribution in [3.8, 4) is 0 Å². The molecule has 1 saturated carbocycles. The third-order valence-electron chi connectivity index (χ3n) is 4.42. The number of nitrogens with zero attached hydrogens (tertiary/aromatic N) is 2. The van der Waals surface area contributed by atoms with Gasteiger partial charge in [-0.05, 0) is 31.9 Å². The van der Waals surface area contributed by atoms with Crippen LogP contribution in [0.15, 0.2) is 18.2 Å². The molecule has 0 bridgehead atoms. The molecule has 1 aromatic carbocycles. The predicted octanol–water partition coefficient (Wildman–Crippen LogP) is 3.12. The van der Waals surface area contributed by atoms with Gasteiger partial charge in [0.2, 0.25) is 11.8 Å². The van der Waals surface area contributed by atoms with Gasteiger partial charge in [0.25, 0.3) is 0 Å². The summed E-state index contributed by atoms with van der Waals surface area (Å²) in [5.74, 6) is -0.0293. The minimum absolute atomic E-state index is 0.0521. The van der Waals surface area contributed by atoms with E-state index in [1.165, 1.54) is 21.6 Å². The lowest BCUT2D eigenvalue weighted by Gasteiger charge is -2.32. The minimum Gasteiger partial charge on any atom is -0.464 e. The number of hydrogen-bond acceptors (Lipinski definition) is 5. The van der Waals surface area contributed by atoms with Gasteiger partial charge in [0.15, 0.2) is 6.04 Å². The zero-order valence-corrected chi connectivity index (χ0v) is 17.1. The van der Waals surface area contributed by atoms with Gasteiger partial charge in [0.1, 0.15) is 6.54 Å². The summed E-state index contributed by atoms with van der Waals surface area (Å²) in [5.41, 5.74) is 0.474. The molecule has 6 nitrogen and oxygen atoms in total. The molecule has 0 unspecified atom stereocenters. The van der Waals surface area contributed by atoms with E-state index in [-0.39, 0.29) is 31.0 Å². The van der Waals surface area contributed by atoms with Crippen molar-refractivity contribution < 1.29 is 19.1 Å². The van der Waals surface area contributed by atoms with Crippen molar-refractivity contribution >= 4 is 52.7 Å². The summed E-state index contributed by atoms with van der Waals surface area (Å²) in [5, 5.41) is 0.738. The maximum atomic E-state index is 13.1. The van der Waals surface area contributed by atoms with Crippen molar-refractivity contribution in [3.63, 3.8) is 0 Å². The highest BCUT2D eigenvalue weighted by Gasteiger charge is 2.43. The average Bonchev–Trinajstić information content (AvgIpc) is 3.36. The van der Waals surface area contributed by atoms with E-state index in [1.807, 2.05) is 0 Å². The summed E-state index contributed by atoms with van der Waals surface area (Å²) in [6, 6.07) is 3.79. The first kappa shape index (κ1) is 20.3. The standard InChI is InChI=1S/C18H20Cl2N2O4S/c1-2-26-18(25)17(13-6-3-11(19)7-14(13)20)22(12-4-5-12)15(23)8-21-10-27-9-16(21)24/h3,6-7,12,17H,2,4-5,8-10H2,1H3/t17-/m0/s1. The molecule has 2 amide bonds. The van der Waals surface area contributed by atoms with Gasteiger partial charge in [-0.2, -0.15) is 0 Å². The van der Waals surface area contributed by atoms with Gasteiger partial charge in [-0.25, -0.2) is 4.79 Å². The van der Waals surface area contributed by atoms with Crippen LogP contribution >= 0.6 is 35.0 Å². The van der Waals surface area contributed by atoms with E-state index < -0.39 is 12.0 Å². The molecule has 2 fully saturated rings. The van der Waals surface area contributed by atoms with Crippen LogP contribution in [0.2, 0.25) is 10.0 Å². The second-order valence-electron chi connectivity index (χ2n) is 6.42. The van der Waals surface area contributed by atoms with E-state index in [0.717, 1.165) is 12.8 Å². The molecular weight excluding hydrogens is 411 g/mol. The Morgan fingerprint density at radius 2 is 2.11 bits per heavy atom. The highest BCUT2D eigenvalue weighted by Crippen LogP contribution is 2.38. The molecule has 1 saturated heterocycles. The monoisotopic (exact) mass is 430 g/mol. The molecule has 0 spiro atoms. The summed E-state index contributed by atoms with van der Waals surface area (Å²) in [6.45, 7) is 1.85. The van der Waals surface area contributed by atoms with Gasteiger partial charge in [-0.3, -0.25) is 9.59 Å². The number of halogens is 2. The van der Waals surface area contributed by atoms with Crippen LogP contribution in [0.4, 0.5) is 0 Å². The van der Waals surface area contributed by atoms with Crippen molar-refractivity contribution in [1.29, 1.82) is 0 Å². The van der Waals surface area contributed by atoms with E-state index in [0.29, 0.717) is 27.2 Å². The number of benzene rings is 1. The van der Waals surface area contributed by atoms with Crippen LogP contribution in [0.25, 0.3) is 0 Å². The minimum atomic E-state index is -0.958. The summed E-state index contributed by atoms with van der Waals surface area (Å²) in [6.07, 6.45) is 1.60. The number of carbonyl (C=O) groups excluding carboxylic acids is 3. The van der Waals surface area contributed by atoms with E-state index in [9.17, 15) is 14.4 Å². The van der Waals surface area contributed by atoms with Crippen molar-refractivity contribution in [3.05, 3.63) is 33.8 Å². The lowest BCUT2D eigenvalue weighted by molar-refractivity contribution is -0.156. The fraction of sp³-hybridized carbons (Fsp3) is 0.500. The van der Waals surface area contributed by atoms with Gasteiger partial charge < -0.3 is 14.5 Å².